The zero-order valence-corrected chi connectivity index (χ0v) is 10.8. The van der Waals surface area contributed by atoms with E-state index in [9.17, 15) is 9.59 Å². The van der Waals surface area contributed by atoms with Crippen LogP contribution in [0.4, 0.5) is 0 Å². The first-order valence-corrected chi connectivity index (χ1v) is 5.94. The number of esters is 1. The molecule has 0 fully saturated rings. The molecule has 1 rings (SSSR count). The molecule has 0 aliphatic carbocycles. The molecular formula is C14H18O4. The molecule has 0 saturated carbocycles. The van der Waals surface area contributed by atoms with Gasteiger partial charge < -0.3 is 9.47 Å². The molecule has 98 valence electrons. The molecule has 0 radical (unpaired) electrons. The first-order chi connectivity index (χ1) is 8.63. The topological polar surface area (TPSA) is 52.6 Å². The number of hydrogen-bond acceptors (Lipinski definition) is 4. The van der Waals surface area contributed by atoms with Crippen molar-refractivity contribution in [3.05, 3.63) is 29.8 Å². The number of ether oxygens (including phenoxy) is 2. The summed E-state index contributed by atoms with van der Waals surface area (Å²) in [6.07, 6.45) is 1.57. The number of ketones is 1. The van der Waals surface area contributed by atoms with E-state index in [1.54, 1.807) is 0 Å². The normalized spacial score (nSPS) is 9.89. The first kappa shape index (κ1) is 14.2. The lowest BCUT2D eigenvalue weighted by Crippen LogP contribution is -2.15. The minimum atomic E-state index is -0.769. The van der Waals surface area contributed by atoms with Gasteiger partial charge in [0, 0.05) is 6.42 Å². The van der Waals surface area contributed by atoms with Gasteiger partial charge in [-0.3, -0.25) is 4.79 Å². The average Bonchev–Trinajstić information content (AvgIpc) is 2.37. The van der Waals surface area contributed by atoms with Crippen LogP contribution in [0.1, 0.15) is 24.8 Å². The SMILES string of the molecule is COC(=O)C(=O)CCCCOc1cccc(C)c1. The smallest absolute Gasteiger partial charge is 0.374 e. The fraction of sp³-hybridized carbons (Fsp3) is 0.429. The molecule has 0 heterocycles. The van der Waals surface area contributed by atoms with E-state index in [0.29, 0.717) is 13.0 Å². The van der Waals surface area contributed by atoms with E-state index >= 15 is 0 Å². The Morgan fingerprint density at radius 1 is 1.22 bits per heavy atom. The number of benzene rings is 1. The number of hydrogen-bond donors (Lipinski definition) is 0. The molecule has 0 unspecified atom stereocenters. The van der Waals surface area contributed by atoms with Crippen LogP contribution in [-0.4, -0.2) is 25.5 Å². The highest BCUT2D eigenvalue weighted by Crippen LogP contribution is 2.12. The van der Waals surface area contributed by atoms with Crippen LogP contribution in [0, 0.1) is 6.92 Å². The molecule has 0 aliphatic heterocycles. The molecule has 18 heavy (non-hydrogen) atoms. The Bertz CT molecular complexity index is 412. The minimum Gasteiger partial charge on any atom is -0.494 e. The summed E-state index contributed by atoms with van der Waals surface area (Å²) in [5.41, 5.74) is 1.15. The van der Waals surface area contributed by atoms with Gasteiger partial charge in [0.25, 0.3) is 0 Å². The highest BCUT2D eigenvalue weighted by Gasteiger charge is 2.12. The third-order valence-corrected chi connectivity index (χ3v) is 2.47. The summed E-state index contributed by atoms with van der Waals surface area (Å²) in [4.78, 5) is 22.0. The summed E-state index contributed by atoms with van der Waals surface area (Å²) in [5, 5.41) is 0. The van der Waals surface area contributed by atoms with E-state index < -0.39 is 11.8 Å². The van der Waals surface area contributed by atoms with Gasteiger partial charge in [-0.25, -0.2) is 4.79 Å². The summed E-state index contributed by atoms with van der Waals surface area (Å²) < 4.78 is 9.86. The second kappa shape index (κ2) is 7.48. The Balaban J connectivity index is 2.16. The predicted octanol–water partition coefficient (Wildman–Crippen LogP) is 2.29. The Kier molecular flexibility index (Phi) is 5.91. The van der Waals surface area contributed by atoms with Gasteiger partial charge in [-0.05, 0) is 37.5 Å². The van der Waals surface area contributed by atoms with Crippen molar-refractivity contribution in [1.29, 1.82) is 0 Å². The van der Waals surface area contributed by atoms with Crippen LogP contribution in [0.3, 0.4) is 0 Å². The number of methoxy groups -OCH3 is 1. The van der Waals surface area contributed by atoms with Crippen molar-refractivity contribution >= 4 is 11.8 Å². The van der Waals surface area contributed by atoms with Crippen molar-refractivity contribution in [2.45, 2.75) is 26.2 Å². The molecule has 0 amide bonds. The van der Waals surface area contributed by atoms with Crippen LogP contribution >= 0.6 is 0 Å². The van der Waals surface area contributed by atoms with Crippen LogP contribution in [0.15, 0.2) is 24.3 Å². The van der Waals surface area contributed by atoms with Gasteiger partial charge in [-0.15, -0.1) is 0 Å². The Morgan fingerprint density at radius 3 is 2.67 bits per heavy atom. The van der Waals surface area contributed by atoms with Crippen LogP contribution in [0.5, 0.6) is 5.75 Å². The molecule has 0 bridgehead atoms. The standard InChI is InChI=1S/C14H18O4/c1-11-6-5-7-12(10-11)18-9-4-3-8-13(15)14(16)17-2/h5-7,10H,3-4,8-9H2,1-2H3. The zero-order chi connectivity index (χ0) is 13.4. The van der Waals surface area contributed by atoms with Crippen molar-refractivity contribution in [2.24, 2.45) is 0 Å². The van der Waals surface area contributed by atoms with Crippen LogP contribution in [-0.2, 0) is 14.3 Å². The second-order valence-electron chi connectivity index (χ2n) is 4.04. The molecule has 0 saturated heterocycles. The summed E-state index contributed by atoms with van der Waals surface area (Å²) in [6, 6.07) is 7.79. The van der Waals surface area contributed by atoms with Gasteiger partial charge >= 0.3 is 5.97 Å². The Labute approximate surface area is 107 Å². The fourth-order valence-electron chi connectivity index (χ4n) is 1.50. The van der Waals surface area contributed by atoms with Crippen molar-refractivity contribution in [3.63, 3.8) is 0 Å². The lowest BCUT2D eigenvalue weighted by molar-refractivity contribution is -0.151. The summed E-state index contributed by atoms with van der Waals surface area (Å²) in [6.45, 7) is 2.54. The summed E-state index contributed by atoms with van der Waals surface area (Å²) >= 11 is 0. The van der Waals surface area contributed by atoms with Gasteiger partial charge in [-0.2, -0.15) is 0 Å². The maximum Gasteiger partial charge on any atom is 0.374 e. The van der Waals surface area contributed by atoms with E-state index in [2.05, 4.69) is 4.74 Å². The van der Waals surface area contributed by atoms with Crippen LogP contribution in [0.25, 0.3) is 0 Å². The number of rotatable bonds is 7. The number of Topliss-reactive ketones (excluding diaryl/α,β-unsaturated/α-hetero) is 1. The van der Waals surface area contributed by atoms with Crippen LogP contribution in [0.2, 0.25) is 0 Å². The lowest BCUT2D eigenvalue weighted by atomic mass is 10.2. The van der Waals surface area contributed by atoms with Gasteiger partial charge in [0.15, 0.2) is 0 Å². The molecular weight excluding hydrogens is 232 g/mol. The van der Waals surface area contributed by atoms with Gasteiger partial charge in [-0.1, -0.05) is 12.1 Å². The summed E-state index contributed by atoms with van der Waals surface area (Å²) in [5.74, 6) is -0.419. The monoisotopic (exact) mass is 250 g/mol. The predicted molar refractivity (Wildman–Crippen MR) is 67.5 cm³/mol. The molecule has 0 aromatic heterocycles. The number of unbranched alkanes of at least 4 members (excludes halogenated alkanes) is 1. The van der Waals surface area contributed by atoms with E-state index in [-0.39, 0.29) is 6.42 Å². The van der Waals surface area contributed by atoms with Gasteiger partial charge in [0.2, 0.25) is 5.78 Å². The van der Waals surface area contributed by atoms with Crippen molar-refractivity contribution in [2.75, 3.05) is 13.7 Å². The molecule has 0 N–H and O–H groups in total. The molecule has 1 aromatic rings. The third kappa shape index (κ3) is 4.99. The maximum absolute atomic E-state index is 11.1. The summed E-state index contributed by atoms with van der Waals surface area (Å²) in [7, 11) is 1.21. The number of carbonyl (C=O) groups is 2. The van der Waals surface area contributed by atoms with E-state index in [1.165, 1.54) is 7.11 Å². The van der Waals surface area contributed by atoms with E-state index in [0.717, 1.165) is 17.7 Å². The Morgan fingerprint density at radius 2 is 2.00 bits per heavy atom. The van der Waals surface area contributed by atoms with Gasteiger partial charge in [0.05, 0.1) is 13.7 Å². The molecule has 0 aliphatic rings. The zero-order valence-electron chi connectivity index (χ0n) is 10.8. The molecule has 0 atom stereocenters. The van der Waals surface area contributed by atoms with E-state index in [1.807, 2.05) is 31.2 Å². The highest BCUT2D eigenvalue weighted by molar-refractivity contribution is 6.33. The largest absolute Gasteiger partial charge is 0.494 e. The van der Waals surface area contributed by atoms with Crippen molar-refractivity contribution < 1.29 is 19.1 Å². The third-order valence-electron chi connectivity index (χ3n) is 2.47. The quantitative estimate of drug-likeness (QED) is 0.423. The lowest BCUT2D eigenvalue weighted by Gasteiger charge is -2.06. The number of aryl methyl sites for hydroxylation is 1. The minimum absolute atomic E-state index is 0.212. The van der Waals surface area contributed by atoms with E-state index in [4.69, 9.17) is 4.74 Å². The number of carbonyl (C=O) groups excluding carboxylic acids is 2. The highest BCUT2D eigenvalue weighted by atomic mass is 16.5. The Hall–Kier alpha value is -1.84. The average molecular weight is 250 g/mol. The fourth-order valence-corrected chi connectivity index (χ4v) is 1.50. The second-order valence-corrected chi connectivity index (χ2v) is 4.04. The van der Waals surface area contributed by atoms with Gasteiger partial charge in [0.1, 0.15) is 5.75 Å². The van der Waals surface area contributed by atoms with Crippen LogP contribution < -0.4 is 4.74 Å². The molecule has 1 aromatic carbocycles. The molecule has 4 nitrogen and oxygen atoms in total. The first-order valence-electron chi connectivity index (χ1n) is 5.94. The molecule has 0 spiro atoms. The maximum atomic E-state index is 11.1. The van der Waals surface area contributed by atoms with Crippen molar-refractivity contribution in [3.8, 4) is 5.75 Å². The van der Waals surface area contributed by atoms with Crippen molar-refractivity contribution in [1.82, 2.24) is 0 Å². The molecule has 4 heteroatoms.